The SMILES string of the molecule is COc1ccc(C#N)cc1CNCC(=O)NCC(C)C. The van der Waals surface area contributed by atoms with Gasteiger partial charge in [-0.3, -0.25) is 4.79 Å². The lowest BCUT2D eigenvalue weighted by atomic mass is 10.1. The number of carbonyl (C=O) groups excluding carboxylic acids is 1. The number of hydrogen-bond donors (Lipinski definition) is 2. The van der Waals surface area contributed by atoms with Gasteiger partial charge in [0, 0.05) is 18.7 Å². The maximum Gasteiger partial charge on any atom is 0.233 e. The fourth-order valence-electron chi connectivity index (χ4n) is 1.68. The van der Waals surface area contributed by atoms with E-state index in [0.717, 1.165) is 5.56 Å². The van der Waals surface area contributed by atoms with Crippen LogP contribution < -0.4 is 15.4 Å². The summed E-state index contributed by atoms with van der Waals surface area (Å²) in [5.41, 5.74) is 1.44. The smallest absolute Gasteiger partial charge is 0.233 e. The summed E-state index contributed by atoms with van der Waals surface area (Å²) in [6, 6.07) is 7.31. The number of nitrogens with zero attached hydrogens (tertiary/aromatic N) is 1. The number of ether oxygens (including phenoxy) is 1. The predicted molar refractivity (Wildman–Crippen MR) is 77.3 cm³/mol. The number of nitrogens with one attached hydrogen (secondary N) is 2. The van der Waals surface area contributed by atoms with Crippen LogP contribution in [0.5, 0.6) is 5.75 Å². The summed E-state index contributed by atoms with van der Waals surface area (Å²) < 4.78 is 5.23. The second-order valence-electron chi connectivity index (χ2n) is 4.94. The standard InChI is InChI=1S/C15H21N3O2/c1-11(2)8-18-15(19)10-17-9-13-6-12(7-16)4-5-14(13)20-3/h4-6,11,17H,8-10H2,1-3H3,(H,18,19). The summed E-state index contributed by atoms with van der Waals surface area (Å²) in [6.07, 6.45) is 0. The fourth-order valence-corrected chi connectivity index (χ4v) is 1.68. The third-order valence-electron chi connectivity index (χ3n) is 2.72. The van der Waals surface area contributed by atoms with E-state index >= 15 is 0 Å². The molecule has 1 aromatic rings. The Labute approximate surface area is 119 Å². The van der Waals surface area contributed by atoms with E-state index in [2.05, 4.69) is 16.7 Å². The van der Waals surface area contributed by atoms with Crippen LogP contribution >= 0.6 is 0 Å². The molecule has 0 aliphatic rings. The molecule has 0 aliphatic heterocycles. The van der Waals surface area contributed by atoms with Crippen LogP contribution in [0.1, 0.15) is 25.0 Å². The van der Waals surface area contributed by atoms with Crippen molar-refractivity contribution >= 4 is 5.91 Å². The van der Waals surface area contributed by atoms with Gasteiger partial charge in [0.2, 0.25) is 5.91 Å². The van der Waals surface area contributed by atoms with Crippen molar-refractivity contribution in [2.45, 2.75) is 20.4 Å². The highest BCUT2D eigenvalue weighted by Gasteiger charge is 2.06. The maximum absolute atomic E-state index is 11.6. The van der Waals surface area contributed by atoms with Crippen molar-refractivity contribution in [1.29, 1.82) is 5.26 Å². The lowest BCUT2D eigenvalue weighted by Crippen LogP contribution is -2.35. The summed E-state index contributed by atoms with van der Waals surface area (Å²) in [4.78, 5) is 11.6. The van der Waals surface area contributed by atoms with Crippen molar-refractivity contribution in [3.8, 4) is 11.8 Å². The molecule has 0 radical (unpaired) electrons. The second-order valence-corrected chi connectivity index (χ2v) is 4.94. The third-order valence-corrected chi connectivity index (χ3v) is 2.72. The van der Waals surface area contributed by atoms with Crippen LogP contribution in [0.25, 0.3) is 0 Å². The first kappa shape index (κ1) is 16.0. The van der Waals surface area contributed by atoms with Crippen molar-refractivity contribution in [1.82, 2.24) is 10.6 Å². The highest BCUT2D eigenvalue weighted by atomic mass is 16.5. The molecule has 20 heavy (non-hydrogen) atoms. The van der Waals surface area contributed by atoms with Gasteiger partial charge in [0.1, 0.15) is 5.75 Å². The molecule has 0 heterocycles. The minimum absolute atomic E-state index is 0.0332. The molecule has 1 amide bonds. The molecule has 0 atom stereocenters. The van der Waals surface area contributed by atoms with Crippen molar-refractivity contribution in [2.75, 3.05) is 20.2 Å². The summed E-state index contributed by atoms with van der Waals surface area (Å²) in [7, 11) is 1.58. The first-order valence-corrected chi connectivity index (χ1v) is 6.61. The zero-order valence-electron chi connectivity index (χ0n) is 12.2. The van der Waals surface area contributed by atoms with E-state index in [0.29, 0.717) is 30.3 Å². The Morgan fingerprint density at radius 1 is 1.45 bits per heavy atom. The number of carbonyl (C=O) groups is 1. The van der Waals surface area contributed by atoms with Gasteiger partial charge < -0.3 is 15.4 Å². The van der Waals surface area contributed by atoms with E-state index in [9.17, 15) is 4.79 Å². The molecule has 0 spiro atoms. The van der Waals surface area contributed by atoms with Crippen molar-refractivity contribution in [3.05, 3.63) is 29.3 Å². The van der Waals surface area contributed by atoms with E-state index < -0.39 is 0 Å². The van der Waals surface area contributed by atoms with Crippen molar-refractivity contribution < 1.29 is 9.53 Å². The largest absolute Gasteiger partial charge is 0.496 e. The van der Waals surface area contributed by atoms with Crippen LogP contribution in [-0.2, 0) is 11.3 Å². The van der Waals surface area contributed by atoms with Gasteiger partial charge in [-0.15, -0.1) is 0 Å². The molecule has 5 nitrogen and oxygen atoms in total. The van der Waals surface area contributed by atoms with Crippen molar-refractivity contribution in [3.63, 3.8) is 0 Å². The van der Waals surface area contributed by atoms with E-state index in [1.54, 1.807) is 25.3 Å². The average Bonchev–Trinajstić information content (AvgIpc) is 2.45. The van der Waals surface area contributed by atoms with Crippen LogP contribution in [-0.4, -0.2) is 26.1 Å². The van der Waals surface area contributed by atoms with E-state index in [1.165, 1.54) is 0 Å². The maximum atomic E-state index is 11.6. The zero-order chi connectivity index (χ0) is 15.0. The molecule has 108 valence electrons. The van der Waals surface area contributed by atoms with Crippen LogP contribution in [0.3, 0.4) is 0 Å². The number of nitriles is 1. The van der Waals surface area contributed by atoms with Gasteiger partial charge in [0.15, 0.2) is 0 Å². The summed E-state index contributed by atoms with van der Waals surface area (Å²) in [5.74, 6) is 1.11. The molecule has 1 aromatic carbocycles. The minimum Gasteiger partial charge on any atom is -0.496 e. The van der Waals surface area contributed by atoms with E-state index in [4.69, 9.17) is 10.00 Å². The fraction of sp³-hybridized carbons (Fsp3) is 0.467. The monoisotopic (exact) mass is 275 g/mol. The molecule has 5 heteroatoms. The minimum atomic E-state index is -0.0332. The predicted octanol–water partition coefficient (Wildman–Crippen LogP) is 1.43. The molecule has 2 N–H and O–H groups in total. The summed E-state index contributed by atoms with van der Waals surface area (Å²) in [5, 5.41) is 14.8. The first-order valence-electron chi connectivity index (χ1n) is 6.61. The Balaban J connectivity index is 2.49. The molecule has 0 aliphatic carbocycles. The molecule has 0 saturated carbocycles. The Hall–Kier alpha value is -2.06. The second kappa shape index (κ2) is 8.18. The van der Waals surface area contributed by atoms with Gasteiger partial charge in [-0.1, -0.05) is 13.8 Å². The molecule has 0 unspecified atom stereocenters. The Bertz CT molecular complexity index is 492. The highest BCUT2D eigenvalue weighted by molar-refractivity contribution is 5.77. The number of methoxy groups -OCH3 is 1. The number of amides is 1. The highest BCUT2D eigenvalue weighted by Crippen LogP contribution is 2.19. The van der Waals surface area contributed by atoms with E-state index in [1.807, 2.05) is 13.8 Å². The molecule has 0 bridgehead atoms. The lowest BCUT2D eigenvalue weighted by molar-refractivity contribution is -0.120. The Morgan fingerprint density at radius 3 is 2.80 bits per heavy atom. The lowest BCUT2D eigenvalue weighted by Gasteiger charge is -2.11. The molecule has 0 fully saturated rings. The topological polar surface area (TPSA) is 74.1 Å². The van der Waals surface area contributed by atoms with Gasteiger partial charge in [-0.25, -0.2) is 0 Å². The van der Waals surface area contributed by atoms with Crippen LogP contribution in [0.15, 0.2) is 18.2 Å². The summed E-state index contributed by atoms with van der Waals surface area (Å²) >= 11 is 0. The quantitative estimate of drug-likeness (QED) is 0.789. The first-order chi connectivity index (χ1) is 9.56. The van der Waals surface area contributed by atoms with Gasteiger partial charge in [0.25, 0.3) is 0 Å². The molecular formula is C15H21N3O2. The van der Waals surface area contributed by atoms with Crippen LogP contribution in [0.2, 0.25) is 0 Å². The van der Waals surface area contributed by atoms with Gasteiger partial charge in [0.05, 0.1) is 25.3 Å². The van der Waals surface area contributed by atoms with Gasteiger partial charge in [-0.2, -0.15) is 5.26 Å². The van der Waals surface area contributed by atoms with Gasteiger partial charge in [-0.05, 0) is 24.1 Å². The Morgan fingerprint density at radius 2 is 2.20 bits per heavy atom. The normalized spacial score (nSPS) is 10.2. The van der Waals surface area contributed by atoms with E-state index in [-0.39, 0.29) is 12.5 Å². The molecular weight excluding hydrogens is 254 g/mol. The molecule has 0 saturated heterocycles. The average molecular weight is 275 g/mol. The zero-order valence-corrected chi connectivity index (χ0v) is 12.2. The number of rotatable bonds is 7. The number of benzene rings is 1. The van der Waals surface area contributed by atoms with Crippen LogP contribution in [0.4, 0.5) is 0 Å². The summed E-state index contributed by atoms with van der Waals surface area (Å²) in [6.45, 7) is 5.49. The number of hydrogen-bond acceptors (Lipinski definition) is 4. The van der Waals surface area contributed by atoms with Crippen molar-refractivity contribution in [2.24, 2.45) is 5.92 Å². The Kier molecular flexibility index (Phi) is 6.54. The molecule has 1 rings (SSSR count). The molecule has 0 aromatic heterocycles. The third kappa shape index (κ3) is 5.29. The van der Waals surface area contributed by atoms with Crippen LogP contribution in [0, 0.1) is 17.2 Å². The van der Waals surface area contributed by atoms with Gasteiger partial charge >= 0.3 is 0 Å².